The fourth-order valence-electron chi connectivity index (χ4n) is 2.97. The van der Waals surface area contributed by atoms with Crippen LogP contribution in [0.3, 0.4) is 0 Å². The lowest BCUT2D eigenvalue weighted by molar-refractivity contribution is 0.254. The molecule has 1 aliphatic heterocycles. The number of rotatable bonds is 6. The standard InChI is InChI=1S/C19H20N4O2S/c1-3-24-16-8-14-7-12(2)25-17(14)9-15(16)11-26-19-21-18(22-23-19)13-5-4-6-20-10-13/h4-6,8-10,12H,3,7,11H2,1-2H3,(H,21,22,23). The van der Waals surface area contributed by atoms with E-state index >= 15 is 0 Å². The lowest BCUT2D eigenvalue weighted by atomic mass is 10.1. The summed E-state index contributed by atoms with van der Waals surface area (Å²) in [5, 5.41) is 7.96. The molecule has 1 aromatic carbocycles. The van der Waals surface area contributed by atoms with E-state index in [9.17, 15) is 0 Å². The zero-order valence-electron chi connectivity index (χ0n) is 14.7. The van der Waals surface area contributed by atoms with Crippen molar-refractivity contribution in [3.05, 3.63) is 47.8 Å². The number of H-pyrrole nitrogens is 1. The number of hydrogen-bond donors (Lipinski definition) is 1. The van der Waals surface area contributed by atoms with Crippen molar-refractivity contribution in [3.8, 4) is 22.9 Å². The van der Waals surface area contributed by atoms with Crippen LogP contribution in [0.2, 0.25) is 0 Å². The highest BCUT2D eigenvalue weighted by molar-refractivity contribution is 7.98. The molecule has 1 atom stereocenters. The predicted octanol–water partition coefficient (Wildman–Crippen LogP) is 3.88. The summed E-state index contributed by atoms with van der Waals surface area (Å²) in [6.07, 6.45) is 4.65. The van der Waals surface area contributed by atoms with E-state index in [4.69, 9.17) is 9.47 Å². The van der Waals surface area contributed by atoms with Crippen LogP contribution in [0.1, 0.15) is 25.0 Å². The Hall–Kier alpha value is -2.54. The number of aromatic amines is 1. The maximum Gasteiger partial charge on any atom is 0.209 e. The molecular weight excluding hydrogens is 348 g/mol. The van der Waals surface area contributed by atoms with Gasteiger partial charge in [-0.25, -0.2) is 4.98 Å². The molecular formula is C19H20N4O2S. The van der Waals surface area contributed by atoms with Crippen LogP contribution in [-0.2, 0) is 12.2 Å². The average Bonchev–Trinajstić information content (AvgIpc) is 3.26. The van der Waals surface area contributed by atoms with Gasteiger partial charge in [-0.2, -0.15) is 0 Å². The molecule has 1 unspecified atom stereocenters. The van der Waals surface area contributed by atoms with E-state index in [1.807, 2.05) is 19.1 Å². The minimum Gasteiger partial charge on any atom is -0.494 e. The van der Waals surface area contributed by atoms with Crippen molar-refractivity contribution >= 4 is 11.8 Å². The van der Waals surface area contributed by atoms with Crippen molar-refractivity contribution in [2.24, 2.45) is 0 Å². The molecule has 7 heteroatoms. The van der Waals surface area contributed by atoms with Gasteiger partial charge in [-0.3, -0.25) is 10.1 Å². The fourth-order valence-corrected chi connectivity index (χ4v) is 3.75. The maximum atomic E-state index is 5.89. The van der Waals surface area contributed by atoms with Crippen molar-refractivity contribution < 1.29 is 9.47 Å². The first kappa shape index (κ1) is 16.9. The zero-order chi connectivity index (χ0) is 17.9. The van der Waals surface area contributed by atoms with Crippen molar-refractivity contribution in [3.63, 3.8) is 0 Å². The molecule has 2 aromatic heterocycles. The highest BCUT2D eigenvalue weighted by Crippen LogP contribution is 2.37. The van der Waals surface area contributed by atoms with E-state index in [0.717, 1.165) is 34.9 Å². The predicted molar refractivity (Wildman–Crippen MR) is 101 cm³/mol. The Morgan fingerprint density at radius 3 is 3.12 bits per heavy atom. The molecule has 4 rings (SSSR count). The molecule has 0 saturated heterocycles. The van der Waals surface area contributed by atoms with Crippen LogP contribution in [0, 0.1) is 0 Å². The van der Waals surface area contributed by atoms with Gasteiger partial charge in [0.2, 0.25) is 5.16 Å². The SMILES string of the molecule is CCOc1cc2c(cc1CSc1n[nH]c(-c3cccnc3)n1)OC(C)C2. The highest BCUT2D eigenvalue weighted by atomic mass is 32.2. The Bertz CT molecular complexity index is 898. The summed E-state index contributed by atoms with van der Waals surface area (Å²) in [6.45, 7) is 4.72. The molecule has 0 saturated carbocycles. The van der Waals surface area contributed by atoms with Crippen molar-refractivity contribution in [2.75, 3.05) is 6.61 Å². The summed E-state index contributed by atoms with van der Waals surface area (Å²) < 4.78 is 11.7. The second-order valence-corrected chi connectivity index (χ2v) is 7.07. The molecule has 0 spiro atoms. The molecule has 6 nitrogen and oxygen atoms in total. The van der Waals surface area contributed by atoms with Gasteiger partial charge in [0, 0.05) is 41.3 Å². The third kappa shape index (κ3) is 3.53. The monoisotopic (exact) mass is 368 g/mol. The highest BCUT2D eigenvalue weighted by Gasteiger charge is 2.22. The number of nitrogens with zero attached hydrogens (tertiary/aromatic N) is 3. The molecule has 1 aliphatic rings. The van der Waals surface area contributed by atoms with Gasteiger partial charge in [-0.15, -0.1) is 5.10 Å². The van der Waals surface area contributed by atoms with E-state index in [2.05, 4.69) is 39.2 Å². The second kappa shape index (κ2) is 7.37. The Morgan fingerprint density at radius 1 is 1.38 bits per heavy atom. The molecule has 0 fully saturated rings. The van der Waals surface area contributed by atoms with Crippen LogP contribution >= 0.6 is 11.8 Å². The average molecular weight is 368 g/mol. The van der Waals surface area contributed by atoms with Gasteiger partial charge in [-0.1, -0.05) is 11.8 Å². The summed E-state index contributed by atoms with van der Waals surface area (Å²) in [4.78, 5) is 8.65. The number of benzene rings is 1. The first-order valence-corrected chi connectivity index (χ1v) is 9.62. The Balaban J connectivity index is 1.51. The molecule has 1 N–H and O–H groups in total. The van der Waals surface area contributed by atoms with Gasteiger partial charge in [0.05, 0.1) is 6.61 Å². The molecule has 26 heavy (non-hydrogen) atoms. The summed E-state index contributed by atoms with van der Waals surface area (Å²) in [5.74, 6) is 3.31. The van der Waals surface area contributed by atoms with Crippen molar-refractivity contribution in [1.29, 1.82) is 0 Å². The number of thioether (sulfide) groups is 1. The Labute approximate surface area is 156 Å². The van der Waals surface area contributed by atoms with E-state index < -0.39 is 0 Å². The first-order valence-electron chi connectivity index (χ1n) is 8.63. The molecule has 0 bridgehead atoms. The number of fused-ring (bicyclic) bond motifs is 1. The molecule has 3 heterocycles. The number of aromatic nitrogens is 4. The Morgan fingerprint density at radius 2 is 2.31 bits per heavy atom. The van der Waals surface area contributed by atoms with Gasteiger partial charge in [0.1, 0.15) is 17.6 Å². The van der Waals surface area contributed by atoms with Crippen LogP contribution in [-0.4, -0.2) is 32.9 Å². The van der Waals surface area contributed by atoms with Gasteiger partial charge in [0.25, 0.3) is 0 Å². The number of ether oxygens (including phenoxy) is 2. The van der Waals surface area contributed by atoms with E-state index in [1.165, 1.54) is 5.56 Å². The van der Waals surface area contributed by atoms with E-state index in [1.54, 1.807) is 24.2 Å². The van der Waals surface area contributed by atoms with Gasteiger partial charge in [0.15, 0.2) is 5.82 Å². The third-order valence-corrected chi connectivity index (χ3v) is 5.03. The zero-order valence-corrected chi connectivity index (χ0v) is 15.5. The van der Waals surface area contributed by atoms with Gasteiger partial charge >= 0.3 is 0 Å². The molecule has 3 aromatic rings. The van der Waals surface area contributed by atoms with Crippen molar-refractivity contribution in [2.45, 2.75) is 37.3 Å². The lowest BCUT2D eigenvalue weighted by Crippen LogP contribution is -2.05. The quantitative estimate of drug-likeness (QED) is 0.666. The number of pyridine rings is 1. The Kier molecular flexibility index (Phi) is 4.79. The smallest absolute Gasteiger partial charge is 0.209 e. The minimum atomic E-state index is 0.220. The fraction of sp³-hybridized carbons (Fsp3) is 0.316. The number of hydrogen-bond acceptors (Lipinski definition) is 6. The summed E-state index contributed by atoms with van der Waals surface area (Å²) in [5.41, 5.74) is 3.23. The molecule has 0 amide bonds. The molecule has 0 radical (unpaired) electrons. The van der Waals surface area contributed by atoms with E-state index in [0.29, 0.717) is 17.5 Å². The van der Waals surface area contributed by atoms with Gasteiger partial charge in [-0.05, 0) is 38.1 Å². The first-order chi connectivity index (χ1) is 12.7. The summed E-state index contributed by atoms with van der Waals surface area (Å²) in [6, 6.07) is 8.03. The van der Waals surface area contributed by atoms with Crippen LogP contribution in [0.5, 0.6) is 11.5 Å². The second-order valence-electron chi connectivity index (χ2n) is 6.13. The van der Waals surface area contributed by atoms with E-state index in [-0.39, 0.29) is 6.10 Å². The maximum absolute atomic E-state index is 5.89. The lowest BCUT2D eigenvalue weighted by Gasteiger charge is -2.11. The van der Waals surface area contributed by atoms with Crippen LogP contribution in [0.4, 0.5) is 0 Å². The van der Waals surface area contributed by atoms with Crippen LogP contribution in [0.25, 0.3) is 11.4 Å². The van der Waals surface area contributed by atoms with Gasteiger partial charge < -0.3 is 9.47 Å². The van der Waals surface area contributed by atoms with Crippen molar-refractivity contribution in [1.82, 2.24) is 20.2 Å². The normalized spacial score (nSPS) is 15.5. The summed E-state index contributed by atoms with van der Waals surface area (Å²) in [7, 11) is 0. The topological polar surface area (TPSA) is 72.9 Å². The summed E-state index contributed by atoms with van der Waals surface area (Å²) >= 11 is 1.57. The molecule has 134 valence electrons. The third-order valence-electron chi connectivity index (χ3n) is 4.14. The molecule has 0 aliphatic carbocycles. The van der Waals surface area contributed by atoms with Crippen LogP contribution < -0.4 is 9.47 Å². The number of nitrogens with one attached hydrogen (secondary N) is 1. The minimum absolute atomic E-state index is 0.220. The van der Waals surface area contributed by atoms with Crippen LogP contribution in [0.15, 0.2) is 41.8 Å². The largest absolute Gasteiger partial charge is 0.494 e.